The third-order valence-electron chi connectivity index (χ3n) is 3.42. The Morgan fingerprint density at radius 1 is 1.24 bits per heavy atom. The van der Waals surface area contributed by atoms with Gasteiger partial charge in [0.2, 0.25) is 0 Å². The molecule has 0 saturated carbocycles. The SMILES string of the molecule is CCCCCCCC#C[C@@H]1CCO[C@@H]1C(=O)OC(C)(C)C. The lowest BCUT2D eigenvalue weighted by Gasteiger charge is -2.22. The molecule has 0 aromatic heterocycles. The Bertz CT molecular complexity index is 370. The molecule has 1 rings (SSSR count). The van der Waals surface area contributed by atoms with Crippen molar-refractivity contribution < 1.29 is 14.3 Å². The first-order valence-corrected chi connectivity index (χ1v) is 8.27. The van der Waals surface area contributed by atoms with E-state index in [0.717, 1.165) is 19.3 Å². The van der Waals surface area contributed by atoms with Crippen LogP contribution in [-0.4, -0.2) is 24.3 Å². The van der Waals surface area contributed by atoms with Crippen LogP contribution in [0.15, 0.2) is 0 Å². The first-order valence-electron chi connectivity index (χ1n) is 8.27. The second-order valence-corrected chi connectivity index (χ2v) is 6.71. The van der Waals surface area contributed by atoms with E-state index in [1.165, 1.54) is 25.7 Å². The molecule has 1 saturated heterocycles. The fraction of sp³-hybridized carbons (Fsp3) is 0.833. The van der Waals surface area contributed by atoms with E-state index in [1.54, 1.807) is 0 Å². The van der Waals surface area contributed by atoms with Crippen LogP contribution < -0.4 is 0 Å². The molecule has 0 unspecified atom stereocenters. The van der Waals surface area contributed by atoms with Crippen molar-refractivity contribution in [1.82, 2.24) is 0 Å². The van der Waals surface area contributed by atoms with Gasteiger partial charge in [0.05, 0.1) is 5.92 Å². The van der Waals surface area contributed by atoms with E-state index < -0.39 is 11.7 Å². The first-order chi connectivity index (χ1) is 9.94. The Kier molecular flexibility index (Phi) is 7.82. The fourth-order valence-corrected chi connectivity index (χ4v) is 2.35. The second kappa shape index (κ2) is 9.10. The molecule has 0 radical (unpaired) electrons. The van der Waals surface area contributed by atoms with E-state index in [0.29, 0.717) is 6.61 Å². The van der Waals surface area contributed by atoms with Crippen molar-refractivity contribution in [1.29, 1.82) is 0 Å². The first kappa shape index (κ1) is 18.0. The highest BCUT2D eigenvalue weighted by Gasteiger charge is 2.36. The topological polar surface area (TPSA) is 35.5 Å². The molecule has 0 aliphatic carbocycles. The minimum atomic E-state index is -0.503. The quantitative estimate of drug-likeness (QED) is 0.420. The highest BCUT2D eigenvalue weighted by molar-refractivity contribution is 5.76. The van der Waals surface area contributed by atoms with E-state index >= 15 is 0 Å². The summed E-state index contributed by atoms with van der Waals surface area (Å²) in [6.07, 6.45) is 7.51. The summed E-state index contributed by atoms with van der Waals surface area (Å²) in [5, 5.41) is 0. The summed E-state index contributed by atoms with van der Waals surface area (Å²) >= 11 is 0. The minimum absolute atomic E-state index is 0.00417. The van der Waals surface area contributed by atoms with Gasteiger partial charge in [-0.25, -0.2) is 4.79 Å². The third-order valence-corrected chi connectivity index (χ3v) is 3.42. The number of hydrogen-bond donors (Lipinski definition) is 0. The molecule has 120 valence electrons. The van der Waals surface area contributed by atoms with Crippen molar-refractivity contribution in [3.63, 3.8) is 0 Å². The summed E-state index contributed by atoms with van der Waals surface area (Å²) in [4.78, 5) is 12.1. The van der Waals surface area contributed by atoms with Crippen LogP contribution >= 0.6 is 0 Å². The predicted molar refractivity (Wildman–Crippen MR) is 84.8 cm³/mol. The normalized spacial score (nSPS) is 21.7. The highest BCUT2D eigenvalue weighted by Crippen LogP contribution is 2.23. The van der Waals surface area contributed by atoms with Gasteiger partial charge in [0, 0.05) is 13.0 Å². The van der Waals surface area contributed by atoms with Crippen LogP contribution in [0.2, 0.25) is 0 Å². The largest absolute Gasteiger partial charge is 0.458 e. The lowest BCUT2D eigenvalue weighted by atomic mass is 10.0. The van der Waals surface area contributed by atoms with Gasteiger partial charge in [0.1, 0.15) is 5.60 Å². The van der Waals surface area contributed by atoms with Crippen molar-refractivity contribution in [2.24, 2.45) is 5.92 Å². The lowest BCUT2D eigenvalue weighted by molar-refractivity contribution is -0.166. The molecule has 2 atom stereocenters. The average molecular weight is 294 g/mol. The Hall–Kier alpha value is -1.01. The zero-order chi connectivity index (χ0) is 15.7. The lowest BCUT2D eigenvalue weighted by Crippen LogP contribution is -2.34. The molecular weight excluding hydrogens is 264 g/mol. The van der Waals surface area contributed by atoms with Crippen LogP contribution in [0.25, 0.3) is 0 Å². The molecule has 0 bridgehead atoms. The molecule has 3 nitrogen and oxygen atoms in total. The maximum Gasteiger partial charge on any atom is 0.337 e. The van der Waals surface area contributed by atoms with Crippen molar-refractivity contribution in [3.05, 3.63) is 0 Å². The number of carbonyl (C=O) groups excluding carboxylic acids is 1. The molecule has 0 amide bonds. The van der Waals surface area contributed by atoms with Crippen LogP contribution in [0.4, 0.5) is 0 Å². The Morgan fingerprint density at radius 2 is 1.95 bits per heavy atom. The highest BCUT2D eigenvalue weighted by atomic mass is 16.6. The monoisotopic (exact) mass is 294 g/mol. The zero-order valence-electron chi connectivity index (χ0n) is 14.0. The molecule has 1 fully saturated rings. The number of hydrogen-bond acceptors (Lipinski definition) is 3. The van der Waals surface area contributed by atoms with Crippen LogP contribution in [0.3, 0.4) is 0 Å². The van der Waals surface area contributed by atoms with Crippen LogP contribution in [-0.2, 0) is 14.3 Å². The van der Waals surface area contributed by atoms with Gasteiger partial charge in [0.15, 0.2) is 6.10 Å². The Morgan fingerprint density at radius 3 is 2.62 bits per heavy atom. The maximum atomic E-state index is 12.1. The molecule has 0 aromatic carbocycles. The van der Waals surface area contributed by atoms with Crippen LogP contribution in [0, 0.1) is 17.8 Å². The molecule has 21 heavy (non-hydrogen) atoms. The smallest absolute Gasteiger partial charge is 0.337 e. The van der Waals surface area contributed by atoms with E-state index in [-0.39, 0.29) is 11.9 Å². The van der Waals surface area contributed by atoms with E-state index in [2.05, 4.69) is 18.8 Å². The van der Waals surface area contributed by atoms with Gasteiger partial charge in [0.25, 0.3) is 0 Å². The van der Waals surface area contributed by atoms with Gasteiger partial charge in [-0.3, -0.25) is 0 Å². The molecule has 0 N–H and O–H groups in total. The summed E-state index contributed by atoms with van der Waals surface area (Å²) in [6, 6.07) is 0. The molecule has 3 heteroatoms. The summed E-state index contributed by atoms with van der Waals surface area (Å²) in [5.74, 6) is 6.15. The second-order valence-electron chi connectivity index (χ2n) is 6.71. The standard InChI is InChI=1S/C18H30O3/c1-5-6-7-8-9-10-11-12-15-13-14-20-16(15)17(19)21-18(2,3)4/h15-16H,5-10,13-14H2,1-4H3/t15-,16+/m1/s1. The van der Waals surface area contributed by atoms with Gasteiger partial charge >= 0.3 is 5.97 Å². The van der Waals surface area contributed by atoms with Crippen molar-refractivity contribution >= 4 is 5.97 Å². The number of unbranched alkanes of at least 4 members (excludes halogenated alkanes) is 5. The molecular formula is C18H30O3. The summed E-state index contributed by atoms with van der Waals surface area (Å²) in [7, 11) is 0. The van der Waals surface area contributed by atoms with Gasteiger partial charge in [-0.2, -0.15) is 0 Å². The van der Waals surface area contributed by atoms with E-state index in [4.69, 9.17) is 9.47 Å². The fourth-order valence-electron chi connectivity index (χ4n) is 2.35. The van der Waals surface area contributed by atoms with Crippen LogP contribution in [0.1, 0.15) is 72.6 Å². The molecule has 1 aliphatic rings. The number of ether oxygens (including phenoxy) is 2. The van der Waals surface area contributed by atoms with Gasteiger partial charge in [-0.05, 0) is 33.6 Å². The number of carbonyl (C=O) groups is 1. The minimum Gasteiger partial charge on any atom is -0.458 e. The van der Waals surface area contributed by atoms with Crippen molar-refractivity contribution in [2.75, 3.05) is 6.61 Å². The van der Waals surface area contributed by atoms with Gasteiger partial charge < -0.3 is 9.47 Å². The van der Waals surface area contributed by atoms with Gasteiger partial charge in [-0.1, -0.05) is 38.5 Å². The van der Waals surface area contributed by atoms with Crippen LogP contribution in [0.5, 0.6) is 0 Å². The summed E-state index contributed by atoms with van der Waals surface area (Å²) in [6.45, 7) is 8.43. The van der Waals surface area contributed by atoms with Crippen molar-refractivity contribution in [2.45, 2.75) is 84.3 Å². The average Bonchev–Trinajstić information content (AvgIpc) is 2.84. The van der Waals surface area contributed by atoms with Crippen molar-refractivity contribution in [3.8, 4) is 11.8 Å². The molecule has 0 aromatic rings. The molecule has 1 aliphatic heterocycles. The molecule has 0 spiro atoms. The third kappa shape index (κ3) is 7.52. The zero-order valence-corrected chi connectivity index (χ0v) is 14.0. The van der Waals surface area contributed by atoms with Gasteiger partial charge in [-0.15, -0.1) is 5.92 Å². The van der Waals surface area contributed by atoms with E-state index in [9.17, 15) is 4.79 Å². The summed E-state index contributed by atoms with van der Waals surface area (Å²) in [5.41, 5.74) is -0.472. The van der Waals surface area contributed by atoms with E-state index in [1.807, 2.05) is 20.8 Å². The number of esters is 1. The number of rotatable bonds is 6. The maximum absolute atomic E-state index is 12.1. The Balaban J connectivity index is 2.35. The molecule has 1 heterocycles. The predicted octanol–water partition coefficient (Wildman–Crippen LogP) is 4.10. The Labute approximate surface area is 129 Å². The summed E-state index contributed by atoms with van der Waals surface area (Å²) < 4.78 is 10.9.